The van der Waals surface area contributed by atoms with Crippen LogP contribution in [0.2, 0.25) is 0 Å². The topological polar surface area (TPSA) is 46.5 Å². The maximum absolute atomic E-state index is 11.0. The first-order valence-electron chi connectivity index (χ1n) is 11.7. The van der Waals surface area contributed by atoms with Crippen molar-refractivity contribution in [3.05, 3.63) is 29.8 Å². The highest BCUT2D eigenvalue weighted by atomic mass is 16.5. The number of hydrogen-bond acceptors (Lipinski definition) is 2. The lowest BCUT2D eigenvalue weighted by Crippen LogP contribution is -2.16. The Balaban J connectivity index is 2.37. The lowest BCUT2D eigenvalue weighted by molar-refractivity contribution is 0.0697. The molecule has 0 heterocycles. The van der Waals surface area contributed by atoms with Gasteiger partial charge in [-0.2, -0.15) is 0 Å². The molecule has 0 aromatic heterocycles. The molecule has 0 aliphatic heterocycles. The van der Waals surface area contributed by atoms with Crippen LogP contribution in [0.1, 0.15) is 121 Å². The molecule has 0 aliphatic rings. The molecule has 0 spiro atoms. The molecular weight excluding hydrogens is 348 g/mol. The molecule has 1 unspecified atom stereocenters. The van der Waals surface area contributed by atoms with Gasteiger partial charge in [0, 0.05) is 0 Å². The largest absolute Gasteiger partial charge is 0.490 e. The number of ether oxygens (including phenoxy) is 1. The Morgan fingerprint density at radius 1 is 0.750 bits per heavy atom. The fourth-order valence-corrected chi connectivity index (χ4v) is 3.61. The lowest BCUT2D eigenvalue weighted by Gasteiger charge is -2.19. The van der Waals surface area contributed by atoms with Crippen LogP contribution < -0.4 is 4.74 Å². The van der Waals surface area contributed by atoms with Gasteiger partial charge >= 0.3 is 5.97 Å². The standard InChI is InChI=1S/C25H42O3/c1-3-5-7-9-10-11-13-15-17-23(16-14-12-8-6-4-2)28-24-20-18-22(19-21-24)25(26)27/h18-21,23H,3-17H2,1-2H3,(H,26,27). The van der Waals surface area contributed by atoms with E-state index in [4.69, 9.17) is 9.84 Å². The Hall–Kier alpha value is -1.51. The minimum atomic E-state index is -0.891. The summed E-state index contributed by atoms with van der Waals surface area (Å²) in [6.45, 7) is 4.51. The summed E-state index contributed by atoms with van der Waals surface area (Å²) in [5, 5.41) is 9.04. The smallest absolute Gasteiger partial charge is 0.335 e. The van der Waals surface area contributed by atoms with Crippen LogP contribution in [0.4, 0.5) is 0 Å². The van der Waals surface area contributed by atoms with Crippen LogP contribution in [0.5, 0.6) is 5.75 Å². The Morgan fingerprint density at radius 3 is 1.61 bits per heavy atom. The summed E-state index contributed by atoms with van der Waals surface area (Å²) in [4.78, 5) is 11.0. The van der Waals surface area contributed by atoms with Gasteiger partial charge in [0.05, 0.1) is 11.7 Å². The van der Waals surface area contributed by atoms with Gasteiger partial charge in [-0.3, -0.25) is 0 Å². The van der Waals surface area contributed by atoms with E-state index >= 15 is 0 Å². The minimum Gasteiger partial charge on any atom is -0.490 e. The molecule has 160 valence electrons. The number of rotatable bonds is 18. The molecule has 28 heavy (non-hydrogen) atoms. The fraction of sp³-hybridized carbons (Fsp3) is 0.720. The molecule has 1 rings (SSSR count). The molecule has 0 amide bonds. The van der Waals surface area contributed by atoms with E-state index < -0.39 is 5.97 Å². The van der Waals surface area contributed by atoms with E-state index in [1.807, 2.05) is 0 Å². The number of carboxylic acid groups (broad SMARTS) is 1. The summed E-state index contributed by atoms with van der Waals surface area (Å²) in [5.74, 6) is -0.0962. The first-order chi connectivity index (χ1) is 13.7. The van der Waals surface area contributed by atoms with Crippen molar-refractivity contribution in [2.45, 2.75) is 116 Å². The zero-order valence-electron chi connectivity index (χ0n) is 18.3. The molecule has 3 heteroatoms. The average molecular weight is 391 g/mol. The summed E-state index contributed by atoms with van der Waals surface area (Å²) >= 11 is 0. The van der Waals surface area contributed by atoms with Crippen LogP contribution in [0, 0.1) is 0 Å². The molecule has 0 saturated carbocycles. The Labute approximate surface area is 172 Å². The van der Waals surface area contributed by atoms with Gasteiger partial charge in [-0.25, -0.2) is 4.79 Å². The SMILES string of the molecule is CCCCCCCCCCC(CCCCCCC)Oc1ccc(C(=O)O)cc1. The summed E-state index contributed by atoms with van der Waals surface area (Å²) in [6, 6.07) is 6.85. The first-order valence-corrected chi connectivity index (χ1v) is 11.7. The number of carboxylic acids is 1. The molecule has 1 N–H and O–H groups in total. The third kappa shape index (κ3) is 12.0. The van der Waals surface area contributed by atoms with E-state index in [9.17, 15) is 4.79 Å². The summed E-state index contributed by atoms with van der Waals surface area (Å²) in [5.41, 5.74) is 0.312. The molecular formula is C25H42O3. The quantitative estimate of drug-likeness (QED) is 0.258. The molecule has 0 saturated heterocycles. The van der Waals surface area contributed by atoms with Gasteiger partial charge in [0.2, 0.25) is 0 Å². The maximum Gasteiger partial charge on any atom is 0.335 e. The van der Waals surface area contributed by atoms with Crippen molar-refractivity contribution in [2.24, 2.45) is 0 Å². The number of unbranched alkanes of at least 4 members (excludes halogenated alkanes) is 11. The number of aromatic carboxylic acids is 1. The monoisotopic (exact) mass is 390 g/mol. The third-order valence-electron chi connectivity index (χ3n) is 5.41. The van der Waals surface area contributed by atoms with E-state index in [1.54, 1.807) is 24.3 Å². The molecule has 1 aromatic carbocycles. The number of hydrogen-bond donors (Lipinski definition) is 1. The highest BCUT2D eigenvalue weighted by molar-refractivity contribution is 5.87. The first kappa shape index (κ1) is 24.5. The summed E-state index contributed by atoms with van der Waals surface area (Å²) < 4.78 is 6.22. The van der Waals surface area contributed by atoms with Crippen LogP contribution in [-0.2, 0) is 0 Å². The van der Waals surface area contributed by atoms with Gasteiger partial charge in [0.15, 0.2) is 0 Å². The fourth-order valence-electron chi connectivity index (χ4n) is 3.61. The predicted octanol–water partition coefficient (Wildman–Crippen LogP) is 8.02. The van der Waals surface area contributed by atoms with E-state index in [1.165, 1.54) is 83.5 Å². The van der Waals surface area contributed by atoms with E-state index in [0.29, 0.717) is 5.56 Å². The molecule has 0 radical (unpaired) electrons. The zero-order chi connectivity index (χ0) is 20.5. The van der Waals surface area contributed by atoms with Crippen LogP contribution in [0.25, 0.3) is 0 Å². The molecule has 0 aliphatic carbocycles. The zero-order valence-corrected chi connectivity index (χ0v) is 18.3. The van der Waals surface area contributed by atoms with Gasteiger partial charge in [-0.1, -0.05) is 84.5 Å². The lowest BCUT2D eigenvalue weighted by atomic mass is 10.0. The third-order valence-corrected chi connectivity index (χ3v) is 5.41. The summed E-state index contributed by atoms with van der Waals surface area (Å²) in [7, 11) is 0. The van der Waals surface area contributed by atoms with Crippen molar-refractivity contribution in [1.29, 1.82) is 0 Å². The minimum absolute atomic E-state index is 0.248. The van der Waals surface area contributed by atoms with Gasteiger partial charge in [-0.05, 0) is 49.9 Å². The van der Waals surface area contributed by atoms with E-state index in [2.05, 4.69) is 13.8 Å². The van der Waals surface area contributed by atoms with Gasteiger partial charge < -0.3 is 9.84 Å². The van der Waals surface area contributed by atoms with Crippen molar-refractivity contribution < 1.29 is 14.6 Å². The Kier molecular flexibility index (Phi) is 14.4. The number of benzene rings is 1. The van der Waals surface area contributed by atoms with Crippen molar-refractivity contribution in [3.8, 4) is 5.75 Å². The second kappa shape index (κ2) is 16.4. The van der Waals surface area contributed by atoms with Crippen molar-refractivity contribution in [1.82, 2.24) is 0 Å². The summed E-state index contributed by atoms with van der Waals surface area (Å²) in [6.07, 6.45) is 19.5. The normalized spacial score (nSPS) is 12.1. The second-order valence-electron chi connectivity index (χ2n) is 8.04. The van der Waals surface area contributed by atoms with E-state index in [0.717, 1.165) is 18.6 Å². The van der Waals surface area contributed by atoms with Gasteiger partial charge in [0.25, 0.3) is 0 Å². The number of carbonyl (C=O) groups is 1. The second-order valence-corrected chi connectivity index (χ2v) is 8.04. The van der Waals surface area contributed by atoms with Crippen LogP contribution in [0.3, 0.4) is 0 Å². The van der Waals surface area contributed by atoms with Crippen LogP contribution >= 0.6 is 0 Å². The van der Waals surface area contributed by atoms with Gasteiger partial charge in [0.1, 0.15) is 5.75 Å². The molecule has 1 aromatic rings. The van der Waals surface area contributed by atoms with Crippen LogP contribution in [0.15, 0.2) is 24.3 Å². The average Bonchev–Trinajstić information content (AvgIpc) is 2.70. The van der Waals surface area contributed by atoms with Crippen molar-refractivity contribution >= 4 is 5.97 Å². The maximum atomic E-state index is 11.0. The van der Waals surface area contributed by atoms with Crippen molar-refractivity contribution in [3.63, 3.8) is 0 Å². The predicted molar refractivity (Wildman–Crippen MR) is 118 cm³/mol. The van der Waals surface area contributed by atoms with E-state index in [-0.39, 0.29) is 6.10 Å². The molecule has 1 atom stereocenters. The Morgan fingerprint density at radius 2 is 1.18 bits per heavy atom. The van der Waals surface area contributed by atoms with Crippen molar-refractivity contribution in [2.75, 3.05) is 0 Å². The molecule has 0 bridgehead atoms. The van der Waals surface area contributed by atoms with Gasteiger partial charge in [-0.15, -0.1) is 0 Å². The highest BCUT2D eigenvalue weighted by Gasteiger charge is 2.11. The van der Waals surface area contributed by atoms with Crippen LogP contribution in [-0.4, -0.2) is 17.2 Å². The Bertz CT molecular complexity index is 495. The molecule has 3 nitrogen and oxygen atoms in total. The highest BCUT2D eigenvalue weighted by Crippen LogP contribution is 2.21. The molecule has 0 fully saturated rings.